The molecule has 1 fully saturated rings. The first kappa shape index (κ1) is 15.5. The summed E-state index contributed by atoms with van der Waals surface area (Å²) in [7, 11) is 0. The highest BCUT2D eigenvalue weighted by Crippen LogP contribution is 1.97. The number of aliphatic hydroxyl groups is 4. The van der Waals surface area contributed by atoms with E-state index in [4.69, 9.17) is 20.4 Å². The average molecular weight is 235 g/mol. The van der Waals surface area contributed by atoms with Crippen LogP contribution in [0.1, 0.15) is 19.3 Å². The van der Waals surface area contributed by atoms with Gasteiger partial charge < -0.3 is 30.5 Å². The highest BCUT2D eigenvalue weighted by Gasteiger charge is 2.22. The molecule has 0 aromatic carbocycles. The van der Waals surface area contributed by atoms with Crippen LogP contribution < -0.4 is 5.32 Å². The first-order valence-electron chi connectivity index (χ1n) is 5.44. The summed E-state index contributed by atoms with van der Waals surface area (Å²) in [5.74, 6) is 0. The number of aliphatic hydroxyl groups excluding tert-OH is 4. The number of carbonyl (C=O) groups excluding carboxylic acids is 1. The summed E-state index contributed by atoms with van der Waals surface area (Å²) in [4.78, 5) is 9.76. The second-order valence-corrected chi connectivity index (χ2v) is 3.68. The Kier molecular flexibility index (Phi) is 9.36. The Morgan fingerprint density at radius 1 is 1.12 bits per heavy atom. The standard InChI is InChI=1S/C5H11N.C5H10O5/c1-2-4-6-5-3-1;6-1-3(8)5(10)4(9)2-7/h6H,1-5H2;1,3-5,7-10H,2H2/t;3-,4+,5-/m.0/s1. The first-order valence-corrected chi connectivity index (χ1v) is 5.44. The van der Waals surface area contributed by atoms with Crippen molar-refractivity contribution in [2.45, 2.75) is 37.6 Å². The van der Waals surface area contributed by atoms with Crippen molar-refractivity contribution in [3.05, 3.63) is 0 Å². The van der Waals surface area contributed by atoms with E-state index in [1.807, 2.05) is 0 Å². The molecule has 5 N–H and O–H groups in total. The van der Waals surface area contributed by atoms with Gasteiger partial charge >= 0.3 is 0 Å². The van der Waals surface area contributed by atoms with Gasteiger partial charge in [0.25, 0.3) is 0 Å². The molecule has 1 rings (SSSR count). The predicted octanol–water partition coefficient (Wildman–Crippen LogP) is -1.98. The lowest BCUT2D eigenvalue weighted by molar-refractivity contribution is -0.127. The van der Waals surface area contributed by atoms with E-state index in [1.54, 1.807) is 0 Å². The summed E-state index contributed by atoms with van der Waals surface area (Å²) in [6, 6.07) is 0. The lowest BCUT2D eigenvalue weighted by atomic mass is 10.1. The molecule has 0 aromatic rings. The Balaban J connectivity index is 0.000000315. The van der Waals surface area contributed by atoms with Crippen molar-refractivity contribution in [2.75, 3.05) is 19.7 Å². The highest BCUT2D eigenvalue weighted by atomic mass is 16.4. The molecule has 0 unspecified atom stereocenters. The summed E-state index contributed by atoms with van der Waals surface area (Å²) in [5.41, 5.74) is 0. The molecule has 0 aromatic heterocycles. The summed E-state index contributed by atoms with van der Waals surface area (Å²) < 4.78 is 0. The van der Waals surface area contributed by atoms with E-state index >= 15 is 0 Å². The zero-order chi connectivity index (χ0) is 12.4. The monoisotopic (exact) mass is 235 g/mol. The van der Waals surface area contributed by atoms with E-state index in [9.17, 15) is 4.79 Å². The number of piperidine rings is 1. The van der Waals surface area contributed by atoms with Crippen LogP contribution in [0.3, 0.4) is 0 Å². The minimum Gasteiger partial charge on any atom is -0.394 e. The molecular formula is C10H21NO5. The predicted molar refractivity (Wildman–Crippen MR) is 57.9 cm³/mol. The van der Waals surface area contributed by atoms with Crippen LogP contribution in [0, 0.1) is 0 Å². The summed E-state index contributed by atoms with van der Waals surface area (Å²) in [5, 5.41) is 37.3. The van der Waals surface area contributed by atoms with Crippen LogP contribution in [0.25, 0.3) is 0 Å². The van der Waals surface area contributed by atoms with E-state index in [-0.39, 0.29) is 6.29 Å². The van der Waals surface area contributed by atoms with Crippen molar-refractivity contribution >= 4 is 6.29 Å². The van der Waals surface area contributed by atoms with Gasteiger partial charge in [0, 0.05) is 0 Å². The van der Waals surface area contributed by atoms with E-state index < -0.39 is 24.9 Å². The maximum Gasteiger partial charge on any atom is 0.151 e. The molecule has 0 radical (unpaired) electrons. The summed E-state index contributed by atoms with van der Waals surface area (Å²) in [6.45, 7) is 1.81. The van der Waals surface area contributed by atoms with Crippen molar-refractivity contribution < 1.29 is 25.2 Å². The smallest absolute Gasteiger partial charge is 0.151 e. The van der Waals surface area contributed by atoms with Crippen molar-refractivity contribution in [1.29, 1.82) is 0 Å². The number of hydrogen-bond donors (Lipinski definition) is 5. The number of rotatable bonds is 4. The van der Waals surface area contributed by atoms with Gasteiger partial charge in [-0.1, -0.05) is 6.42 Å². The number of nitrogens with one attached hydrogen (secondary N) is 1. The van der Waals surface area contributed by atoms with Gasteiger partial charge in [-0.05, 0) is 25.9 Å². The maximum atomic E-state index is 9.76. The minimum absolute atomic E-state index is 0.0869. The Morgan fingerprint density at radius 2 is 1.69 bits per heavy atom. The average Bonchev–Trinajstić information content (AvgIpc) is 2.38. The second kappa shape index (κ2) is 9.68. The van der Waals surface area contributed by atoms with Crippen molar-refractivity contribution in [1.82, 2.24) is 5.32 Å². The van der Waals surface area contributed by atoms with Crippen molar-refractivity contribution in [3.8, 4) is 0 Å². The SMILES string of the molecule is C1CCNCC1.O=C[C@H](O)[C@H](O)[C@H](O)CO. The largest absolute Gasteiger partial charge is 0.394 e. The van der Waals surface area contributed by atoms with Crippen LogP contribution in [0.4, 0.5) is 0 Å². The summed E-state index contributed by atoms with van der Waals surface area (Å²) >= 11 is 0. The highest BCUT2D eigenvalue weighted by molar-refractivity contribution is 5.56. The third-order valence-corrected chi connectivity index (χ3v) is 2.28. The molecule has 0 aliphatic carbocycles. The molecule has 1 aliphatic heterocycles. The van der Waals surface area contributed by atoms with Crippen LogP contribution in [0.5, 0.6) is 0 Å². The van der Waals surface area contributed by atoms with Crippen LogP contribution in [0.2, 0.25) is 0 Å². The van der Waals surface area contributed by atoms with Gasteiger partial charge in [0.05, 0.1) is 6.61 Å². The normalized spacial score (nSPS) is 21.2. The molecule has 0 saturated carbocycles. The van der Waals surface area contributed by atoms with E-state index in [0.29, 0.717) is 0 Å². The quantitative estimate of drug-likeness (QED) is 0.361. The minimum atomic E-state index is -1.64. The fourth-order valence-corrected chi connectivity index (χ4v) is 1.22. The van der Waals surface area contributed by atoms with Gasteiger partial charge in [0.2, 0.25) is 0 Å². The van der Waals surface area contributed by atoms with E-state index in [0.717, 1.165) is 0 Å². The molecule has 1 saturated heterocycles. The number of hydrogen-bond acceptors (Lipinski definition) is 6. The third-order valence-electron chi connectivity index (χ3n) is 2.28. The molecule has 1 heterocycles. The fourth-order valence-electron chi connectivity index (χ4n) is 1.22. The van der Waals surface area contributed by atoms with Gasteiger partial charge in [-0.2, -0.15) is 0 Å². The molecule has 0 amide bonds. The molecular weight excluding hydrogens is 214 g/mol. The molecule has 0 bridgehead atoms. The van der Waals surface area contributed by atoms with Crippen LogP contribution in [-0.4, -0.2) is 64.7 Å². The number of carbonyl (C=O) groups is 1. The molecule has 0 spiro atoms. The molecule has 1 aliphatic rings. The molecule has 16 heavy (non-hydrogen) atoms. The Hall–Kier alpha value is -0.530. The molecule has 6 nitrogen and oxygen atoms in total. The van der Waals surface area contributed by atoms with Gasteiger partial charge in [-0.15, -0.1) is 0 Å². The Labute approximate surface area is 94.9 Å². The van der Waals surface area contributed by atoms with Crippen LogP contribution in [-0.2, 0) is 4.79 Å². The molecule has 96 valence electrons. The lowest BCUT2D eigenvalue weighted by Gasteiger charge is -2.16. The van der Waals surface area contributed by atoms with Gasteiger partial charge in [0.1, 0.15) is 18.3 Å². The third kappa shape index (κ3) is 6.86. The van der Waals surface area contributed by atoms with Crippen LogP contribution >= 0.6 is 0 Å². The second-order valence-electron chi connectivity index (χ2n) is 3.68. The van der Waals surface area contributed by atoms with Gasteiger partial charge in [-0.3, -0.25) is 0 Å². The van der Waals surface area contributed by atoms with Gasteiger partial charge in [0.15, 0.2) is 6.29 Å². The fraction of sp³-hybridized carbons (Fsp3) is 0.900. The van der Waals surface area contributed by atoms with Crippen LogP contribution in [0.15, 0.2) is 0 Å². The zero-order valence-corrected chi connectivity index (χ0v) is 9.25. The van der Waals surface area contributed by atoms with Crippen molar-refractivity contribution in [3.63, 3.8) is 0 Å². The number of aldehydes is 1. The topological polar surface area (TPSA) is 110 Å². The van der Waals surface area contributed by atoms with Crippen molar-refractivity contribution in [2.24, 2.45) is 0 Å². The van der Waals surface area contributed by atoms with Gasteiger partial charge in [-0.25, -0.2) is 0 Å². The molecule has 3 atom stereocenters. The summed E-state index contributed by atoms with van der Waals surface area (Å²) in [6.07, 6.45) is -0.416. The Morgan fingerprint density at radius 3 is 1.94 bits per heavy atom. The Bertz CT molecular complexity index is 163. The van der Waals surface area contributed by atoms with E-state index in [2.05, 4.69) is 5.32 Å². The zero-order valence-electron chi connectivity index (χ0n) is 9.25. The van der Waals surface area contributed by atoms with E-state index in [1.165, 1.54) is 32.4 Å². The molecule has 6 heteroatoms. The maximum absolute atomic E-state index is 9.76. The lowest BCUT2D eigenvalue weighted by Crippen LogP contribution is -2.40. The first-order chi connectivity index (χ1) is 7.63.